The lowest BCUT2D eigenvalue weighted by molar-refractivity contribution is 0.745. The average molecular weight is 333 g/mol. The molecule has 3 aromatic carbocycles. The van der Waals surface area contributed by atoms with Crippen molar-refractivity contribution in [2.45, 2.75) is 12.0 Å². The van der Waals surface area contributed by atoms with Crippen LogP contribution in [0.25, 0.3) is 11.1 Å². The molecule has 1 aliphatic carbocycles. The standard InChI is InChI=1S/C24H20BN/c25-19-13-9-17(10-14-19)18-11-15-20(16-12-18)26-23-7-3-1-5-21(23)22-6-2-4-8-24(22)26/h1-16,21,23H,25H2. The third kappa shape index (κ3) is 2.41. The second-order valence-electron chi connectivity index (χ2n) is 7.13. The molecule has 0 amide bonds. The Labute approximate surface area is 155 Å². The van der Waals surface area contributed by atoms with Crippen molar-refractivity contribution in [3.63, 3.8) is 0 Å². The van der Waals surface area contributed by atoms with Crippen molar-refractivity contribution in [3.05, 3.63) is 103 Å². The summed E-state index contributed by atoms with van der Waals surface area (Å²) >= 11 is 0. The van der Waals surface area contributed by atoms with Crippen LogP contribution in [-0.4, -0.2) is 13.9 Å². The molecule has 0 saturated carbocycles. The molecule has 1 aliphatic heterocycles. The van der Waals surface area contributed by atoms with Gasteiger partial charge >= 0.3 is 0 Å². The van der Waals surface area contributed by atoms with Gasteiger partial charge in [0.25, 0.3) is 0 Å². The number of para-hydroxylation sites is 1. The van der Waals surface area contributed by atoms with Gasteiger partial charge < -0.3 is 4.90 Å². The van der Waals surface area contributed by atoms with Crippen LogP contribution in [0.4, 0.5) is 11.4 Å². The molecule has 0 radical (unpaired) electrons. The van der Waals surface area contributed by atoms with Crippen LogP contribution in [-0.2, 0) is 0 Å². The first-order valence-corrected chi connectivity index (χ1v) is 9.21. The maximum atomic E-state index is 2.47. The van der Waals surface area contributed by atoms with Crippen LogP contribution >= 0.6 is 0 Å². The van der Waals surface area contributed by atoms with E-state index in [0.717, 1.165) is 0 Å². The zero-order chi connectivity index (χ0) is 17.5. The number of hydrogen-bond acceptors (Lipinski definition) is 1. The summed E-state index contributed by atoms with van der Waals surface area (Å²) in [6, 6.07) is 26.8. The van der Waals surface area contributed by atoms with E-state index >= 15 is 0 Å². The van der Waals surface area contributed by atoms with Crippen LogP contribution in [0.1, 0.15) is 11.5 Å². The van der Waals surface area contributed by atoms with E-state index in [1.54, 1.807) is 0 Å². The van der Waals surface area contributed by atoms with E-state index in [1.165, 1.54) is 33.5 Å². The lowest BCUT2D eigenvalue weighted by Crippen LogP contribution is -2.28. The fourth-order valence-electron chi connectivity index (χ4n) is 4.15. The predicted molar refractivity (Wildman–Crippen MR) is 113 cm³/mol. The van der Waals surface area contributed by atoms with Crippen LogP contribution in [0.15, 0.2) is 97.1 Å². The van der Waals surface area contributed by atoms with Gasteiger partial charge in [0.1, 0.15) is 7.85 Å². The lowest BCUT2D eigenvalue weighted by Gasteiger charge is -2.28. The van der Waals surface area contributed by atoms with Crippen molar-refractivity contribution in [3.8, 4) is 11.1 Å². The van der Waals surface area contributed by atoms with E-state index in [0.29, 0.717) is 12.0 Å². The second-order valence-corrected chi connectivity index (χ2v) is 7.13. The molecule has 124 valence electrons. The molecular weight excluding hydrogens is 313 g/mol. The minimum absolute atomic E-state index is 0.364. The number of nitrogens with zero attached hydrogens (tertiary/aromatic N) is 1. The van der Waals surface area contributed by atoms with E-state index in [2.05, 4.69) is 110 Å². The minimum Gasteiger partial charge on any atom is -0.333 e. The average Bonchev–Trinajstić information content (AvgIpc) is 3.03. The Morgan fingerprint density at radius 1 is 0.692 bits per heavy atom. The summed E-state index contributed by atoms with van der Waals surface area (Å²) < 4.78 is 0. The number of anilines is 2. The zero-order valence-corrected chi connectivity index (χ0v) is 14.8. The molecule has 0 spiro atoms. The van der Waals surface area contributed by atoms with E-state index in [4.69, 9.17) is 0 Å². The summed E-state index contributed by atoms with van der Waals surface area (Å²) in [5, 5.41) is 0. The highest BCUT2D eigenvalue weighted by Gasteiger charge is 2.36. The molecule has 0 aromatic heterocycles. The van der Waals surface area contributed by atoms with E-state index in [-0.39, 0.29) is 0 Å². The molecule has 1 heterocycles. The zero-order valence-electron chi connectivity index (χ0n) is 14.8. The highest BCUT2D eigenvalue weighted by Crippen LogP contribution is 2.47. The van der Waals surface area contributed by atoms with Gasteiger partial charge in [0.2, 0.25) is 0 Å². The molecule has 1 nitrogen and oxygen atoms in total. The molecule has 0 bridgehead atoms. The van der Waals surface area contributed by atoms with Crippen LogP contribution in [0.5, 0.6) is 0 Å². The summed E-state index contributed by atoms with van der Waals surface area (Å²) in [6.45, 7) is 0. The van der Waals surface area contributed by atoms with Gasteiger partial charge in [-0.25, -0.2) is 0 Å². The summed E-state index contributed by atoms with van der Waals surface area (Å²) in [7, 11) is 2.13. The Morgan fingerprint density at radius 3 is 2.12 bits per heavy atom. The molecular formula is C24H20BN. The van der Waals surface area contributed by atoms with Gasteiger partial charge in [0.15, 0.2) is 0 Å². The highest BCUT2D eigenvalue weighted by molar-refractivity contribution is 6.32. The van der Waals surface area contributed by atoms with Crippen LogP contribution < -0.4 is 10.4 Å². The van der Waals surface area contributed by atoms with Crippen molar-refractivity contribution in [2.75, 3.05) is 4.90 Å². The van der Waals surface area contributed by atoms with Gasteiger partial charge in [-0.15, -0.1) is 0 Å². The van der Waals surface area contributed by atoms with Crippen LogP contribution in [0, 0.1) is 0 Å². The molecule has 0 fully saturated rings. The van der Waals surface area contributed by atoms with Crippen molar-refractivity contribution in [1.29, 1.82) is 0 Å². The maximum Gasteiger partial charge on any atom is 0.139 e. The lowest BCUT2D eigenvalue weighted by atomic mass is 9.91. The van der Waals surface area contributed by atoms with Gasteiger partial charge in [-0.1, -0.05) is 84.4 Å². The van der Waals surface area contributed by atoms with E-state index in [1.807, 2.05) is 0 Å². The van der Waals surface area contributed by atoms with Crippen molar-refractivity contribution in [1.82, 2.24) is 0 Å². The Balaban J connectivity index is 1.54. The second kappa shape index (κ2) is 6.07. The van der Waals surface area contributed by atoms with Crippen molar-refractivity contribution < 1.29 is 0 Å². The third-order valence-corrected chi connectivity index (χ3v) is 5.49. The van der Waals surface area contributed by atoms with Gasteiger partial charge in [-0.05, 0) is 34.9 Å². The predicted octanol–water partition coefficient (Wildman–Crippen LogP) is 4.34. The molecule has 2 heteroatoms. The Morgan fingerprint density at radius 2 is 1.35 bits per heavy atom. The fraction of sp³-hybridized carbons (Fsp3) is 0.0833. The molecule has 2 aliphatic rings. The minimum atomic E-state index is 0.364. The highest BCUT2D eigenvalue weighted by atomic mass is 15.2. The summed E-state index contributed by atoms with van der Waals surface area (Å²) in [4.78, 5) is 2.47. The van der Waals surface area contributed by atoms with Gasteiger partial charge in [-0.3, -0.25) is 0 Å². The first kappa shape index (κ1) is 15.3. The summed E-state index contributed by atoms with van der Waals surface area (Å²) in [5.74, 6) is 0.438. The summed E-state index contributed by atoms with van der Waals surface area (Å²) in [6.07, 6.45) is 8.98. The van der Waals surface area contributed by atoms with Crippen LogP contribution in [0.3, 0.4) is 0 Å². The third-order valence-electron chi connectivity index (χ3n) is 5.49. The monoisotopic (exact) mass is 333 g/mol. The largest absolute Gasteiger partial charge is 0.333 e. The number of hydrogen-bond donors (Lipinski definition) is 0. The smallest absolute Gasteiger partial charge is 0.139 e. The summed E-state index contributed by atoms with van der Waals surface area (Å²) in [5.41, 5.74) is 7.81. The van der Waals surface area contributed by atoms with Gasteiger partial charge in [0, 0.05) is 17.3 Å². The Hall–Kier alpha value is -3.00. The van der Waals surface area contributed by atoms with Crippen molar-refractivity contribution >= 4 is 24.7 Å². The molecule has 26 heavy (non-hydrogen) atoms. The molecule has 5 rings (SSSR count). The number of benzene rings is 3. The van der Waals surface area contributed by atoms with Crippen LogP contribution in [0.2, 0.25) is 0 Å². The quantitative estimate of drug-likeness (QED) is 0.631. The molecule has 0 saturated heterocycles. The number of fused-ring (bicyclic) bond motifs is 3. The van der Waals surface area contributed by atoms with Gasteiger partial charge in [0.05, 0.1) is 6.04 Å². The Bertz CT molecular complexity index is 999. The normalized spacial score (nSPS) is 20.1. The molecule has 2 atom stereocenters. The maximum absolute atomic E-state index is 2.47. The first-order valence-electron chi connectivity index (χ1n) is 9.21. The Kier molecular flexibility index (Phi) is 3.56. The van der Waals surface area contributed by atoms with Gasteiger partial charge in [-0.2, -0.15) is 0 Å². The van der Waals surface area contributed by atoms with E-state index in [9.17, 15) is 0 Å². The first-order chi connectivity index (χ1) is 12.8. The molecule has 0 N–H and O–H groups in total. The SMILES string of the molecule is Bc1ccc(-c2ccc(N3c4ccccc4C4C=CC=CC43)cc2)cc1. The molecule has 2 unspecified atom stereocenters. The van der Waals surface area contributed by atoms with Crippen molar-refractivity contribution in [2.24, 2.45) is 0 Å². The van der Waals surface area contributed by atoms with E-state index < -0.39 is 0 Å². The topological polar surface area (TPSA) is 3.24 Å². The fourth-order valence-corrected chi connectivity index (χ4v) is 4.15. The number of allylic oxidation sites excluding steroid dienone is 2. The molecule has 3 aromatic rings. The number of rotatable bonds is 2.